The Morgan fingerprint density at radius 2 is 2.07 bits per heavy atom. The smallest absolute Gasteiger partial charge is 0.259 e. The van der Waals surface area contributed by atoms with Crippen molar-refractivity contribution < 1.29 is 9.18 Å². The van der Waals surface area contributed by atoms with Gasteiger partial charge in [-0.1, -0.05) is 0 Å². The molecule has 0 radical (unpaired) electrons. The maximum absolute atomic E-state index is 13.1. The number of rotatable bonds is 6. The Balaban J connectivity index is 1.37. The fourth-order valence-corrected chi connectivity index (χ4v) is 3.30. The van der Waals surface area contributed by atoms with Gasteiger partial charge in [-0.05, 0) is 56.2 Å². The van der Waals surface area contributed by atoms with Gasteiger partial charge in [0.25, 0.3) is 5.91 Å². The first kappa shape index (κ1) is 18.8. The second kappa shape index (κ2) is 7.83. The summed E-state index contributed by atoms with van der Waals surface area (Å²) in [7, 11) is 1.78. The molecule has 148 valence electrons. The van der Waals surface area contributed by atoms with Crippen molar-refractivity contribution in [3.8, 4) is 11.3 Å². The molecule has 0 aliphatic heterocycles. The van der Waals surface area contributed by atoms with Gasteiger partial charge in [-0.15, -0.1) is 0 Å². The molecule has 29 heavy (non-hydrogen) atoms. The van der Waals surface area contributed by atoms with Gasteiger partial charge >= 0.3 is 0 Å². The van der Waals surface area contributed by atoms with Crippen LogP contribution in [-0.2, 0) is 6.42 Å². The Morgan fingerprint density at radius 3 is 2.86 bits per heavy atom. The van der Waals surface area contributed by atoms with Gasteiger partial charge in [0.1, 0.15) is 11.4 Å². The summed E-state index contributed by atoms with van der Waals surface area (Å²) in [6, 6.07) is 9.97. The second-order valence-electron chi connectivity index (χ2n) is 6.96. The van der Waals surface area contributed by atoms with Crippen LogP contribution >= 0.6 is 0 Å². The minimum atomic E-state index is -0.270. The van der Waals surface area contributed by atoms with E-state index in [9.17, 15) is 9.18 Å². The summed E-state index contributed by atoms with van der Waals surface area (Å²) in [5.74, 6) is -0.360. The molecule has 0 bridgehead atoms. The predicted molar refractivity (Wildman–Crippen MR) is 107 cm³/mol. The molecule has 1 amide bonds. The highest BCUT2D eigenvalue weighted by atomic mass is 19.1. The Hall–Kier alpha value is -3.55. The van der Waals surface area contributed by atoms with E-state index < -0.39 is 0 Å². The number of nitrogens with zero attached hydrogens (tertiary/aromatic N) is 5. The zero-order valence-electron chi connectivity index (χ0n) is 16.3. The number of hydrogen-bond donors (Lipinski definition) is 1. The second-order valence-corrected chi connectivity index (χ2v) is 6.96. The van der Waals surface area contributed by atoms with E-state index in [2.05, 4.69) is 20.3 Å². The van der Waals surface area contributed by atoms with Crippen molar-refractivity contribution in [3.63, 3.8) is 0 Å². The largest absolute Gasteiger partial charge is 0.342 e. The van der Waals surface area contributed by atoms with Crippen molar-refractivity contribution in [1.29, 1.82) is 0 Å². The molecule has 1 aromatic carbocycles. The lowest BCUT2D eigenvalue weighted by Crippen LogP contribution is -2.28. The van der Waals surface area contributed by atoms with Crippen LogP contribution in [0.25, 0.3) is 16.9 Å². The normalized spacial score (nSPS) is 11.1. The van der Waals surface area contributed by atoms with E-state index in [0.29, 0.717) is 23.4 Å². The van der Waals surface area contributed by atoms with Crippen LogP contribution in [0.15, 0.2) is 48.8 Å². The molecule has 0 aliphatic rings. The lowest BCUT2D eigenvalue weighted by molar-refractivity contribution is 0.0794. The van der Waals surface area contributed by atoms with Crippen LogP contribution in [-0.4, -0.2) is 49.2 Å². The Morgan fingerprint density at radius 1 is 1.28 bits per heavy atom. The minimum Gasteiger partial charge on any atom is -0.342 e. The highest BCUT2D eigenvalue weighted by Gasteiger charge is 2.21. The van der Waals surface area contributed by atoms with E-state index in [1.165, 1.54) is 12.1 Å². The number of H-pyrrole nitrogens is 1. The van der Waals surface area contributed by atoms with Crippen molar-refractivity contribution in [3.05, 3.63) is 71.6 Å². The molecular weight excluding hydrogens is 371 g/mol. The number of carbonyl (C=O) groups excluding carboxylic acids is 1. The molecule has 7 nitrogen and oxygen atoms in total. The molecule has 0 saturated carbocycles. The monoisotopic (exact) mass is 392 g/mol. The molecule has 0 spiro atoms. The van der Waals surface area contributed by atoms with Crippen molar-refractivity contribution in [1.82, 2.24) is 29.7 Å². The first-order valence-corrected chi connectivity index (χ1v) is 9.38. The van der Waals surface area contributed by atoms with E-state index >= 15 is 0 Å². The SMILES string of the molecule is Cc1nn2cccnc2c1C(=O)N(C)CCCc1cc(-c2ccc(F)cc2)n[nH]1. The van der Waals surface area contributed by atoms with Crippen LogP contribution in [0.1, 0.15) is 28.2 Å². The number of aromatic nitrogens is 5. The van der Waals surface area contributed by atoms with Crippen molar-refractivity contribution in [2.45, 2.75) is 19.8 Å². The van der Waals surface area contributed by atoms with Crippen molar-refractivity contribution in [2.75, 3.05) is 13.6 Å². The van der Waals surface area contributed by atoms with Crippen molar-refractivity contribution >= 4 is 11.6 Å². The number of hydrogen-bond acceptors (Lipinski definition) is 4. The van der Waals surface area contributed by atoms with E-state index in [4.69, 9.17) is 0 Å². The summed E-state index contributed by atoms with van der Waals surface area (Å²) >= 11 is 0. The standard InChI is InChI=1S/C21H21FN6O/c1-14-19(20-23-10-4-12-28(20)26-14)21(29)27(2)11-3-5-17-13-18(25-24-17)15-6-8-16(22)9-7-15/h4,6-10,12-13H,3,5,11H2,1-2H3,(H,24,25). The maximum atomic E-state index is 13.1. The molecule has 8 heteroatoms. The van der Waals surface area contributed by atoms with E-state index in [1.807, 2.05) is 13.0 Å². The van der Waals surface area contributed by atoms with Crippen LogP contribution in [0.2, 0.25) is 0 Å². The molecular formula is C21H21FN6O. The minimum absolute atomic E-state index is 0.0900. The van der Waals surface area contributed by atoms with Gasteiger partial charge in [-0.3, -0.25) is 9.89 Å². The summed E-state index contributed by atoms with van der Waals surface area (Å²) < 4.78 is 14.7. The molecule has 0 aliphatic carbocycles. The number of aryl methyl sites for hydroxylation is 2. The van der Waals surface area contributed by atoms with Gasteiger partial charge in [0.05, 0.1) is 11.4 Å². The molecule has 0 fully saturated rings. The third kappa shape index (κ3) is 3.87. The molecule has 0 atom stereocenters. The summed E-state index contributed by atoms with van der Waals surface area (Å²) in [5.41, 5.74) is 4.37. The van der Waals surface area contributed by atoms with Gasteiger partial charge in [0.2, 0.25) is 0 Å². The van der Waals surface area contributed by atoms with E-state index in [0.717, 1.165) is 29.8 Å². The average molecular weight is 392 g/mol. The molecule has 4 rings (SSSR count). The van der Waals surface area contributed by atoms with Gasteiger partial charge in [0.15, 0.2) is 5.65 Å². The Kier molecular flexibility index (Phi) is 5.07. The van der Waals surface area contributed by atoms with Crippen LogP contribution < -0.4 is 0 Å². The Bertz CT molecular complexity index is 1150. The van der Waals surface area contributed by atoms with Gasteiger partial charge in [0, 0.05) is 37.2 Å². The molecule has 1 N–H and O–H groups in total. The Labute approximate surface area is 167 Å². The molecule has 0 unspecified atom stereocenters. The van der Waals surface area contributed by atoms with Crippen LogP contribution in [0.3, 0.4) is 0 Å². The highest BCUT2D eigenvalue weighted by Crippen LogP contribution is 2.19. The molecule has 3 aromatic heterocycles. The zero-order valence-corrected chi connectivity index (χ0v) is 16.3. The summed E-state index contributed by atoms with van der Waals surface area (Å²) in [4.78, 5) is 18.9. The topological polar surface area (TPSA) is 79.2 Å². The number of benzene rings is 1. The highest BCUT2D eigenvalue weighted by molar-refractivity contribution is 6.00. The number of nitrogens with one attached hydrogen (secondary N) is 1. The number of aromatic amines is 1. The number of fused-ring (bicyclic) bond motifs is 1. The third-order valence-electron chi connectivity index (χ3n) is 4.84. The van der Waals surface area contributed by atoms with Gasteiger partial charge in [-0.25, -0.2) is 13.9 Å². The van der Waals surface area contributed by atoms with Crippen LogP contribution in [0.4, 0.5) is 4.39 Å². The molecule has 3 heterocycles. The lowest BCUT2D eigenvalue weighted by atomic mass is 10.1. The predicted octanol–water partition coefficient (Wildman–Crippen LogP) is 3.27. The molecule has 4 aromatic rings. The van der Waals surface area contributed by atoms with E-state index in [1.54, 1.807) is 47.1 Å². The van der Waals surface area contributed by atoms with E-state index in [-0.39, 0.29) is 11.7 Å². The number of carbonyl (C=O) groups is 1. The first-order chi connectivity index (χ1) is 14.0. The number of amides is 1. The lowest BCUT2D eigenvalue weighted by Gasteiger charge is -2.16. The summed E-state index contributed by atoms with van der Waals surface area (Å²) in [6.07, 6.45) is 4.96. The van der Waals surface area contributed by atoms with Crippen LogP contribution in [0.5, 0.6) is 0 Å². The average Bonchev–Trinajstić information content (AvgIpc) is 3.31. The zero-order chi connectivity index (χ0) is 20.4. The number of halogens is 1. The fourth-order valence-electron chi connectivity index (χ4n) is 3.30. The van der Waals surface area contributed by atoms with Gasteiger partial charge in [-0.2, -0.15) is 10.2 Å². The maximum Gasteiger partial charge on any atom is 0.259 e. The fraction of sp³-hybridized carbons (Fsp3) is 0.238. The van der Waals surface area contributed by atoms with Gasteiger partial charge < -0.3 is 4.90 Å². The van der Waals surface area contributed by atoms with Crippen molar-refractivity contribution in [2.24, 2.45) is 0 Å². The summed E-state index contributed by atoms with van der Waals surface area (Å²) in [6.45, 7) is 2.41. The summed E-state index contributed by atoms with van der Waals surface area (Å²) in [5, 5.41) is 11.7. The quantitative estimate of drug-likeness (QED) is 0.546. The molecule has 0 saturated heterocycles. The van der Waals surface area contributed by atoms with Crippen LogP contribution in [0, 0.1) is 12.7 Å². The third-order valence-corrected chi connectivity index (χ3v) is 4.84. The first-order valence-electron chi connectivity index (χ1n) is 9.38.